The first-order valence-corrected chi connectivity index (χ1v) is 8.45. The first-order valence-electron chi connectivity index (χ1n) is 8.45. The van der Waals surface area contributed by atoms with Crippen LogP contribution in [0.1, 0.15) is 13.3 Å². The molecule has 1 heterocycles. The Hall–Kier alpha value is -2.16. The van der Waals surface area contributed by atoms with E-state index in [1.165, 1.54) is 4.90 Å². The van der Waals surface area contributed by atoms with Crippen molar-refractivity contribution in [1.29, 1.82) is 0 Å². The average molecular weight is 374 g/mol. The number of likely N-dealkylation sites (tertiary alicyclic amines) is 1. The molecule has 1 atom stereocenters. The third kappa shape index (κ3) is 5.98. The number of alkyl halides is 3. The number of halogens is 3. The molecule has 1 aromatic carbocycles. The molecule has 1 aliphatic heterocycles. The smallest absolute Gasteiger partial charge is 0.401 e. The zero-order valence-corrected chi connectivity index (χ0v) is 15.2. The maximum atomic E-state index is 12.5. The summed E-state index contributed by atoms with van der Waals surface area (Å²) in [5.74, 6) is 1.73. The van der Waals surface area contributed by atoms with E-state index in [-0.39, 0.29) is 6.04 Å². The maximum Gasteiger partial charge on any atom is 0.401 e. The van der Waals surface area contributed by atoms with Gasteiger partial charge < -0.3 is 20.1 Å². The van der Waals surface area contributed by atoms with Crippen molar-refractivity contribution >= 4 is 11.6 Å². The standard InChI is InChI=1S/C17H25F3N4O2/c1-4-26-15-9-12(5-6-14(15)25-3)22-16(21-2)23-13-7-8-24(10-13)11-17(18,19)20/h5-6,9,13H,4,7-8,10-11H2,1-3H3,(H2,21,22,23). The summed E-state index contributed by atoms with van der Waals surface area (Å²) in [6.45, 7) is 2.24. The van der Waals surface area contributed by atoms with Gasteiger partial charge in [-0.3, -0.25) is 9.89 Å². The van der Waals surface area contributed by atoms with Crippen LogP contribution in [0.15, 0.2) is 23.2 Å². The highest BCUT2D eigenvalue weighted by Crippen LogP contribution is 2.30. The summed E-state index contributed by atoms with van der Waals surface area (Å²) in [7, 11) is 3.18. The fraction of sp³-hybridized carbons (Fsp3) is 0.588. The molecular formula is C17H25F3N4O2. The van der Waals surface area contributed by atoms with Gasteiger partial charge >= 0.3 is 6.18 Å². The zero-order chi connectivity index (χ0) is 19.2. The Morgan fingerprint density at radius 3 is 2.73 bits per heavy atom. The monoisotopic (exact) mass is 374 g/mol. The van der Waals surface area contributed by atoms with Gasteiger partial charge in [0, 0.05) is 37.9 Å². The largest absolute Gasteiger partial charge is 0.493 e. The first-order chi connectivity index (χ1) is 12.3. The summed E-state index contributed by atoms with van der Waals surface area (Å²) in [6, 6.07) is 5.30. The second kappa shape index (κ2) is 8.98. The number of benzene rings is 1. The lowest BCUT2D eigenvalue weighted by atomic mass is 10.2. The van der Waals surface area contributed by atoms with Crippen LogP contribution in [0.5, 0.6) is 11.5 Å². The molecular weight excluding hydrogens is 349 g/mol. The van der Waals surface area contributed by atoms with Crippen LogP contribution in [0, 0.1) is 0 Å². The van der Waals surface area contributed by atoms with Crippen molar-refractivity contribution < 1.29 is 22.6 Å². The minimum atomic E-state index is -4.17. The molecule has 0 amide bonds. The zero-order valence-electron chi connectivity index (χ0n) is 15.2. The Balaban J connectivity index is 1.95. The highest BCUT2D eigenvalue weighted by Gasteiger charge is 2.34. The number of aliphatic imine (C=N–C) groups is 1. The van der Waals surface area contributed by atoms with Crippen molar-refractivity contribution in [1.82, 2.24) is 10.2 Å². The van der Waals surface area contributed by atoms with Crippen LogP contribution in [-0.4, -0.2) is 63.5 Å². The Kier molecular flexibility index (Phi) is 6.96. The lowest BCUT2D eigenvalue weighted by molar-refractivity contribution is -0.143. The minimum absolute atomic E-state index is 0.0897. The average Bonchev–Trinajstić information content (AvgIpc) is 2.99. The Morgan fingerprint density at radius 2 is 2.12 bits per heavy atom. The van der Waals surface area contributed by atoms with Crippen molar-refractivity contribution in [2.45, 2.75) is 25.6 Å². The summed E-state index contributed by atoms with van der Waals surface area (Å²) in [4.78, 5) is 5.54. The molecule has 1 fully saturated rings. The molecule has 0 saturated carbocycles. The molecule has 1 aromatic rings. The molecule has 0 aromatic heterocycles. The second-order valence-electron chi connectivity index (χ2n) is 5.98. The number of hydrogen-bond acceptors (Lipinski definition) is 4. The van der Waals surface area contributed by atoms with Crippen LogP contribution < -0.4 is 20.1 Å². The molecule has 1 aliphatic rings. The lowest BCUT2D eigenvalue weighted by Gasteiger charge is -2.20. The molecule has 0 spiro atoms. The van der Waals surface area contributed by atoms with E-state index in [0.717, 1.165) is 5.69 Å². The molecule has 1 saturated heterocycles. The van der Waals surface area contributed by atoms with Gasteiger partial charge in [-0.2, -0.15) is 13.2 Å². The van der Waals surface area contributed by atoms with Gasteiger partial charge in [-0.05, 0) is 25.5 Å². The SMILES string of the molecule is CCOc1cc(NC(=NC)NC2CCN(CC(F)(F)F)C2)ccc1OC. The molecule has 146 valence electrons. The van der Waals surface area contributed by atoms with Crippen LogP contribution >= 0.6 is 0 Å². The Labute approximate surface area is 151 Å². The summed E-state index contributed by atoms with van der Waals surface area (Å²) >= 11 is 0. The van der Waals surface area contributed by atoms with Gasteiger partial charge in [0.15, 0.2) is 17.5 Å². The van der Waals surface area contributed by atoms with Crippen molar-refractivity contribution in [3.05, 3.63) is 18.2 Å². The van der Waals surface area contributed by atoms with Crippen molar-refractivity contribution in [3.63, 3.8) is 0 Å². The van der Waals surface area contributed by atoms with E-state index in [4.69, 9.17) is 9.47 Å². The van der Waals surface area contributed by atoms with Gasteiger partial charge in [-0.1, -0.05) is 0 Å². The van der Waals surface area contributed by atoms with Gasteiger partial charge in [-0.25, -0.2) is 0 Å². The van der Waals surface area contributed by atoms with Crippen LogP contribution in [0.25, 0.3) is 0 Å². The number of anilines is 1. The van der Waals surface area contributed by atoms with Crippen molar-refractivity contribution in [2.75, 3.05) is 45.7 Å². The van der Waals surface area contributed by atoms with E-state index in [1.807, 2.05) is 13.0 Å². The van der Waals surface area contributed by atoms with E-state index >= 15 is 0 Å². The molecule has 0 bridgehead atoms. The second-order valence-corrected chi connectivity index (χ2v) is 5.98. The number of methoxy groups -OCH3 is 1. The van der Waals surface area contributed by atoms with Crippen LogP contribution in [0.4, 0.5) is 18.9 Å². The summed E-state index contributed by atoms with van der Waals surface area (Å²) in [5.41, 5.74) is 0.743. The van der Waals surface area contributed by atoms with Gasteiger partial charge in [0.2, 0.25) is 0 Å². The molecule has 0 radical (unpaired) electrons. The topological polar surface area (TPSA) is 58.1 Å². The summed E-state index contributed by atoms with van der Waals surface area (Å²) in [6.07, 6.45) is -3.54. The van der Waals surface area contributed by atoms with E-state index in [9.17, 15) is 13.2 Å². The number of nitrogens with one attached hydrogen (secondary N) is 2. The summed E-state index contributed by atoms with van der Waals surface area (Å²) in [5, 5.41) is 6.30. The molecule has 6 nitrogen and oxygen atoms in total. The third-order valence-corrected chi connectivity index (χ3v) is 3.97. The van der Waals surface area contributed by atoms with Gasteiger partial charge in [0.25, 0.3) is 0 Å². The van der Waals surface area contributed by atoms with Crippen molar-refractivity contribution in [3.8, 4) is 11.5 Å². The fourth-order valence-electron chi connectivity index (χ4n) is 2.86. The number of rotatable bonds is 6. The van der Waals surface area contributed by atoms with Gasteiger partial charge in [0.1, 0.15) is 0 Å². The predicted octanol–water partition coefficient (Wildman–Crippen LogP) is 2.72. The van der Waals surface area contributed by atoms with E-state index in [1.54, 1.807) is 26.3 Å². The van der Waals surface area contributed by atoms with Crippen LogP contribution in [0.2, 0.25) is 0 Å². The van der Waals surface area contributed by atoms with Crippen LogP contribution in [0.3, 0.4) is 0 Å². The highest BCUT2D eigenvalue weighted by molar-refractivity contribution is 5.94. The Bertz CT molecular complexity index is 623. The van der Waals surface area contributed by atoms with E-state index in [2.05, 4.69) is 15.6 Å². The molecule has 9 heteroatoms. The fourth-order valence-corrected chi connectivity index (χ4v) is 2.86. The third-order valence-electron chi connectivity index (χ3n) is 3.97. The normalized spacial score (nSPS) is 18.7. The molecule has 26 heavy (non-hydrogen) atoms. The van der Waals surface area contributed by atoms with Gasteiger partial charge in [-0.15, -0.1) is 0 Å². The molecule has 0 aliphatic carbocycles. The molecule has 2 rings (SSSR count). The maximum absolute atomic E-state index is 12.5. The molecule has 1 unspecified atom stereocenters. The number of nitrogens with zero attached hydrogens (tertiary/aromatic N) is 2. The lowest BCUT2D eigenvalue weighted by Crippen LogP contribution is -2.42. The van der Waals surface area contributed by atoms with Gasteiger partial charge in [0.05, 0.1) is 20.3 Å². The van der Waals surface area contributed by atoms with Crippen molar-refractivity contribution in [2.24, 2.45) is 4.99 Å². The number of guanidine groups is 1. The molecule has 2 N–H and O–H groups in total. The minimum Gasteiger partial charge on any atom is -0.493 e. The predicted molar refractivity (Wildman–Crippen MR) is 95.2 cm³/mol. The van der Waals surface area contributed by atoms with Crippen LogP contribution in [-0.2, 0) is 0 Å². The van der Waals surface area contributed by atoms with E-state index < -0.39 is 12.7 Å². The highest BCUT2D eigenvalue weighted by atomic mass is 19.4. The summed E-state index contributed by atoms with van der Waals surface area (Å²) < 4.78 is 48.3. The van der Waals surface area contributed by atoms with E-state index in [0.29, 0.717) is 43.6 Å². The Morgan fingerprint density at radius 1 is 1.35 bits per heavy atom. The number of hydrogen-bond donors (Lipinski definition) is 2. The quantitative estimate of drug-likeness (QED) is 0.592. The number of ether oxygens (including phenoxy) is 2. The first kappa shape index (κ1) is 20.2.